The number of anilines is 3. The predicted molar refractivity (Wildman–Crippen MR) is 141 cm³/mol. The average Bonchev–Trinajstić information content (AvgIpc) is 2.89. The fourth-order valence-corrected chi connectivity index (χ4v) is 3.03. The lowest BCUT2D eigenvalue weighted by Crippen LogP contribution is -2.21. The third kappa shape index (κ3) is 9.67. The molecule has 0 saturated carbocycles. The first-order valence-electron chi connectivity index (χ1n) is 11.4. The minimum atomic E-state index is -5.08. The second-order valence-corrected chi connectivity index (χ2v) is 8.40. The van der Waals surface area contributed by atoms with Crippen molar-refractivity contribution >= 4 is 40.8 Å². The number of carbonyl (C=O) groups excluding carboxylic acids is 2. The minimum Gasteiger partial charge on any atom is -0.482 e. The van der Waals surface area contributed by atoms with Gasteiger partial charge in [-0.3, -0.25) is 9.59 Å². The molecule has 0 spiro atoms. The normalized spacial score (nSPS) is 10.4. The summed E-state index contributed by atoms with van der Waals surface area (Å²) in [7, 11) is 3.81. The van der Waals surface area contributed by atoms with Gasteiger partial charge in [-0.2, -0.15) is 13.2 Å². The molecule has 10 nitrogen and oxygen atoms in total. The molecule has 3 aromatic rings. The lowest BCUT2D eigenvalue weighted by Gasteiger charge is -2.14. The summed E-state index contributed by atoms with van der Waals surface area (Å²) in [6.45, 7) is 1.34. The third-order valence-electron chi connectivity index (χ3n) is 5.07. The summed E-state index contributed by atoms with van der Waals surface area (Å²) in [5, 5.41) is 21.6. The van der Waals surface area contributed by atoms with Crippen molar-refractivity contribution in [2.45, 2.75) is 13.1 Å². The first-order valence-corrected chi connectivity index (χ1v) is 11.4. The van der Waals surface area contributed by atoms with Crippen molar-refractivity contribution < 1.29 is 47.3 Å². The Morgan fingerprint density at radius 2 is 1.43 bits per heavy atom. The van der Waals surface area contributed by atoms with E-state index in [9.17, 15) is 27.6 Å². The van der Waals surface area contributed by atoms with Crippen LogP contribution in [0.2, 0.25) is 0 Å². The van der Waals surface area contributed by atoms with Crippen LogP contribution in [0, 0.1) is 6.92 Å². The van der Waals surface area contributed by atoms with Gasteiger partial charge in [0, 0.05) is 42.3 Å². The van der Waals surface area contributed by atoms with Crippen LogP contribution in [0.4, 0.5) is 30.2 Å². The maximum absolute atomic E-state index is 12.7. The number of aliphatic carboxylic acids is 2. The first kappa shape index (κ1) is 31.1. The van der Waals surface area contributed by atoms with Crippen LogP contribution in [-0.2, 0) is 9.59 Å². The van der Waals surface area contributed by atoms with Crippen molar-refractivity contribution in [2.75, 3.05) is 36.2 Å². The number of ether oxygens (including phenoxy) is 1. The Kier molecular flexibility index (Phi) is 10.6. The fourth-order valence-electron chi connectivity index (χ4n) is 3.03. The molecule has 0 aliphatic heterocycles. The van der Waals surface area contributed by atoms with Crippen molar-refractivity contribution in [3.8, 4) is 5.75 Å². The van der Waals surface area contributed by atoms with E-state index in [0.717, 1.165) is 11.3 Å². The van der Waals surface area contributed by atoms with Crippen LogP contribution in [0.15, 0.2) is 66.7 Å². The Morgan fingerprint density at radius 1 is 0.850 bits per heavy atom. The predicted octanol–water partition coefficient (Wildman–Crippen LogP) is 4.66. The molecule has 0 unspecified atom stereocenters. The standard InChI is InChI=1S/C25H25N3O5.C2HF3O2/c1-16-10-11-19(26-24(31)17-6-4-8-20(12-17)28(2)3)14-22(16)27-25(32)18-7-5-9-21(13-18)33-15-23(29)30;3-2(4,5)1(6)7/h4-14H,15H2,1-3H3,(H,26,31)(H,27,32)(H,29,30);(H,6,7). The van der Waals surface area contributed by atoms with Crippen molar-refractivity contribution in [2.24, 2.45) is 0 Å². The molecule has 4 N–H and O–H groups in total. The van der Waals surface area contributed by atoms with E-state index in [1.54, 1.807) is 48.5 Å². The van der Waals surface area contributed by atoms with Gasteiger partial charge < -0.3 is 30.5 Å². The lowest BCUT2D eigenvalue weighted by atomic mass is 10.1. The smallest absolute Gasteiger partial charge is 0.482 e. The molecule has 0 saturated heterocycles. The Morgan fingerprint density at radius 3 is 2.00 bits per heavy atom. The maximum atomic E-state index is 12.7. The molecule has 0 bridgehead atoms. The molecular weight excluding hydrogens is 535 g/mol. The topological polar surface area (TPSA) is 145 Å². The molecule has 212 valence electrons. The zero-order valence-corrected chi connectivity index (χ0v) is 21.6. The van der Waals surface area contributed by atoms with Crippen molar-refractivity contribution in [1.29, 1.82) is 0 Å². The van der Waals surface area contributed by atoms with Gasteiger partial charge in [-0.1, -0.05) is 18.2 Å². The zero-order chi connectivity index (χ0) is 30.0. The molecule has 3 rings (SSSR count). The largest absolute Gasteiger partial charge is 0.490 e. The molecule has 3 aromatic carbocycles. The number of carboxylic acids is 2. The van der Waals surface area contributed by atoms with Gasteiger partial charge in [-0.15, -0.1) is 0 Å². The number of nitrogens with one attached hydrogen (secondary N) is 2. The van der Waals surface area contributed by atoms with Crippen molar-refractivity contribution in [3.05, 3.63) is 83.4 Å². The van der Waals surface area contributed by atoms with Gasteiger partial charge in [0.25, 0.3) is 11.8 Å². The van der Waals surface area contributed by atoms with Gasteiger partial charge in [0.2, 0.25) is 0 Å². The van der Waals surface area contributed by atoms with Crippen LogP contribution in [0.1, 0.15) is 26.3 Å². The summed E-state index contributed by atoms with van der Waals surface area (Å²) >= 11 is 0. The number of rotatable bonds is 8. The SMILES string of the molecule is Cc1ccc(NC(=O)c2cccc(N(C)C)c2)cc1NC(=O)c1cccc(OCC(=O)O)c1.O=C(O)C(F)(F)F. The molecule has 0 heterocycles. The van der Waals surface area contributed by atoms with E-state index in [1.165, 1.54) is 6.07 Å². The Balaban J connectivity index is 0.000000708. The van der Waals surface area contributed by atoms with E-state index in [1.807, 2.05) is 38.1 Å². The van der Waals surface area contributed by atoms with E-state index < -0.39 is 24.7 Å². The summed E-state index contributed by atoms with van der Waals surface area (Å²) in [4.78, 5) is 46.9. The number of halogens is 3. The molecule has 13 heteroatoms. The number of aryl methyl sites for hydroxylation is 1. The number of hydrogen-bond donors (Lipinski definition) is 4. The van der Waals surface area contributed by atoms with E-state index in [0.29, 0.717) is 22.5 Å². The molecule has 0 fully saturated rings. The Bertz CT molecular complexity index is 1390. The summed E-state index contributed by atoms with van der Waals surface area (Å²) in [5.74, 6) is -4.23. The van der Waals surface area contributed by atoms with Crippen molar-refractivity contribution in [1.82, 2.24) is 0 Å². The molecule has 40 heavy (non-hydrogen) atoms. The molecular formula is C27H26F3N3O7. The fraction of sp³-hybridized carbons (Fsp3) is 0.185. The number of nitrogens with zero attached hydrogens (tertiary/aromatic N) is 1. The summed E-state index contributed by atoms with van der Waals surface area (Å²) in [6.07, 6.45) is -5.08. The van der Waals surface area contributed by atoms with E-state index in [2.05, 4.69) is 10.6 Å². The van der Waals surface area contributed by atoms with Gasteiger partial charge >= 0.3 is 18.1 Å². The molecule has 0 atom stereocenters. The van der Waals surface area contributed by atoms with Crippen LogP contribution >= 0.6 is 0 Å². The summed E-state index contributed by atoms with van der Waals surface area (Å²) in [5.41, 5.74) is 3.63. The number of hydrogen-bond acceptors (Lipinski definition) is 6. The highest BCUT2D eigenvalue weighted by molar-refractivity contribution is 6.07. The molecule has 0 aliphatic rings. The van der Waals surface area contributed by atoms with Gasteiger partial charge in [0.15, 0.2) is 6.61 Å². The quantitative estimate of drug-likeness (QED) is 0.311. The van der Waals surface area contributed by atoms with Gasteiger partial charge in [-0.05, 0) is 61.0 Å². The highest BCUT2D eigenvalue weighted by Crippen LogP contribution is 2.23. The van der Waals surface area contributed by atoms with Crippen LogP contribution in [0.3, 0.4) is 0 Å². The highest BCUT2D eigenvalue weighted by Gasteiger charge is 2.38. The average molecular weight is 562 g/mol. The monoisotopic (exact) mass is 561 g/mol. The Labute approximate surface area is 227 Å². The van der Waals surface area contributed by atoms with Crippen LogP contribution in [0.25, 0.3) is 0 Å². The summed E-state index contributed by atoms with van der Waals surface area (Å²) < 4.78 is 36.9. The third-order valence-corrected chi connectivity index (χ3v) is 5.07. The number of amides is 2. The number of carbonyl (C=O) groups is 4. The van der Waals surface area contributed by atoms with Crippen LogP contribution in [-0.4, -0.2) is 60.8 Å². The number of alkyl halides is 3. The van der Waals surface area contributed by atoms with Gasteiger partial charge in [0.05, 0.1) is 0 Å². The van der Waals surface area contributed by atoms with Crippen molar-refractivity contribution in [3.63, 3.8) is 0 Å². The number of benzene rings is 3. The minimum absolute atomic E-state index is 0.261. The molecule has 0 radical (unpaired) electrons. The van der Waals surface area contributed by atoms with E-state index in [4.69, 9.17) is 19.7 Å². The zero-order valence-electron chi connectivity index (χ0n) is 21.6. The molecule has 0 aromatic heterocycles. The van der Waals surface area contributed by atoms with E-state index >= 15 is 0 Å². The Hall–Kier alpha value is -5.07. The van der Waals surface area contributed by atoms with E-state index in [-0.39, 0.29) is 17.6 Å². The lowest BCUT2D eigenvalue weighted by molar-refractivity contribution is -0.192. The van der Waals surface area contributed by atoms with Crippen LogP contribution < -0.4 is 20.3 Å². The second-order valence-electron chi connectivity index (χ2n) is 8.40. The molecule has 0 aliphatic carbocycles. The van der Waals surface area contributed by atoms with Crippen LogP contribution in [0.5, 0.6) is 5.75 Å². The maximum Gasteiger partial charge on any atom is 0.490 e. The number of carboxylic acid groups (broad SMARTS) is 2. The summed E-state index contributed by atoms with van der Waals surface area (Å²) in [6, 6.07) is 18.8. The van der Waals surface area contributed by atoms with Gasteiger partial charge in [-0.25, -0.2) is 9.59 Å². The highest BCUT2D eigenvalue weighted by atomic mass is 19.4. The second kappa shape index (κ2) is 13.6. The van der Waals surface area contributed by atoms with Gasteiger partial charge in [0.1, 0.15) is 5.75 Å². The first-order chi connectivity index (χ1) is 18.7. The molecule has 2 amide bonds.